The van der Waals surface area contributed by atoms with Crippen molar-refractivity contribution in [1.82, 2.24) is 0 Å². The molecule has 0 spiro atoms. The Labute approximate surface area is 183 Å². The van der Waals surface area contributed by atoms with Gasteiger partial charge in [-0.25, -0.2) is 4.79 Å². The van der Waals surface area contributed by atoms with Crippen LogP contribution >= 0.6 is 27.5 Å². The summed E-state index contributed by atoms with van der Waals surface area (Å²) in [5.41, 5.74) is 0.0994. The van der Waals surface area contributed by atoms with E-state index >= 15 is 0 Å². The van der Waals surface area contributed by atoms with E-state index in [1.807, 2.05) is 36.4 Å². The van der Waals surface area contributed by atoms with Gasteiger partial charge in [-0.3, -0.25) is 0 Å². The van der Waals surface area contributed by atoms with Gasteiger partial charge in [-0.15, -0.1) is 0 Å². The molecule has 3 rings (SSSR count). The average molecular weight is 476 g/mol. The molecular weight excluding hydrogens is 456 g/mol. The number of esters is 1. The van der Waals surface area contributed by atoms with Crippen molar-refractivity contribution in [1.29, 1.82) is 0 Å². The van der Waals surface area contributed by atoms with Crippen LogP contribution in [0.4, 0.5) is 0 Å². The summed E-state index contributed by atoms with van der Waals surface area (Å²) in [5.74, 6) is -0.243. The molecule has 1 N–H and O–H groups in total. The second-order valence-electron chi connectivity index (χ2n) is 6.51. The molecule has 1 unspecified atom stereocenters. The normalized spacial score (nSPS) is 12.8. The van der Waals surface area contributed by atoms with Crippen molar-refractivity contribution in [2.24, 2.45) is 0 Å². The number of benzene rings is 3. The predicted molar refractivity (Wildman–Crippen MR) is 116 cm³/mol. The number of halogens is 2. The maximum Gasteiger partial charge on any atom is 0.342 e. The Bertz CT molecular complexity index is 979. The summed E-state index contributed by atoms with van der Waals surface area (Å²) in [7, 11) is 1.25. The molecule has 29 heavy (non-hydrogen) atoms. The summed E-state index contributed by atoms with van der Waals surface area (Å²) < 4.78 is 11.5. The first-order valence-corrected chi connectivity index (χ1v) is 10.1. The lowest BCUT2D eigenvalue weighted by atomic mass is 9.87. The predicted octanol–water partition coefficient (Wildman–Crippen LogP) is 5.28. The van der Waals surface area contributed by atoms with E-state index in [2.05, 4.69) is 15.9 Å². The maximum absolute atomic E-state index is 12.6. The molecule has 0 aromatic heterocycles. The lowest BCUT2D eigenvalue weighted by Gasteiger charge is -2.27. The van der Waals surface area contributed by atoms with Crippen molar-refractivity contribution in [3.8, 4) is 5.75 Å². The highest BCUT2D eigenvalue weighted by atomic mass is 79.9. The molecule has 150 valence electrons. The summed E-state index contributed by atoms with van der Waals surface area (Å²) in [5, 5.41) is 11.8. The monoisotopic (exact) mass is 474 g/mol. The van der Waals surface area contributed by atoms with E-state index in [0.717, 1.165) is 5.56 Å². The van der Waals surface area contributed by atoms with Crippen molar-refractivity contribution >= 4 is 33.5 Å². The SMILES string of the molecule is COC(=O)C(O)(Cc1c(OCc2ccccc2)ccc(Cl)c1Br)c1ccccc1. The van der Waals surface area contributed by atoms with Crippen LogP contribution in [-0.2, 0) is 28.2 Å². The molecule has 0 aliphatic carbocycles. The van der Waals surface area contributed by atoms with Gasteiger partial charge in [-0.05, 0) is 39.2 Å². The van der Waals surface area contributed by atoms with Gasteiger partial charge in [0.25, 0.3) is 0 Å². The van der Waals surface area contributed by atoms with Crippen LogP contribution in [0.3, 0.4) is 0 Å². The molecule has 4 nitrogen and oxygen atoms in total. The minimum Gasteiger partial charge on any atom is -0.489 e. The van der Waals surface area contributed by atoms with E-state index in [-0.39, 0.29) is 6.42 Å². The van der Waals surface area contributed by atoms with Gasteiger partial charge in [0.2, 0.25) is 0 Å². The van der Waals surface area contributed by atoms with E-state index in [4.69, 9.17) is 21.1 Å². The van der Waals surface area contributed by atoms with Crippen LogP contribution in [0.2, 0.25) is 5.02 Å². The van der Waals surface area contributed by atoms with Gasteiger partial charge < -0.3 is 14.6 Å². The fourth-order valence-electron chi connectivity index (χ4n) is 3.04. The minimum absolute atomic E-state index is 0.0745. The van der Waals surface area contributed by atoms with Crippen LogP contribution in [0.1, 0.15) is 16.7 Å². The highest BCUT2D eigenvalue weighted by molar-refractivity contribution is 9.10. The van der Waals surface area contributed by atoms with Crippen LogP contribution in [0.5, 0.6) is 5.75 Å². The number of rotatable bonds is 7. The lowest BCUT2D eigenvalue weighted by Crippen LogP contribution is -2.39. The van der Waals surface area contributed by atoms with Crippen molar-refractivity contribution < 1.29 is 19.4 Å². The van der Waals surface area contributed by atoms with Crippen LogP contribution in [0.15, 0.2) is 77.3 Å². The zero-order chi connectivity index (χ0) is 20.9. The van der Waals surface area contributed by atoms with Crippen LogP contribution in [-0.4, -0.2) is 18.2 Å². The third kappa shape index (κ3) is 4.81. The summed E-state index contributed by atoms with van der Waals surface area (Å²) in [6.45, 7) is 0.337. The van der Waals surface area contributed by atoms with Crippen LogP contribution in [0.25, 0.3) is 0 Å². The fourth-order valence-corrected chi connectivity index (χ4v) is 3.69. The summed E-state index contributed by atoms with van der Waals surface area (Å²) >= 11 is 9.77. The zero-order valence-electron chi connectivity index (χ0n) is 15.8. The molecule has 0 bridgehead atoms. The first-order chi connectivity index (χ1) is 14.0. The molecule has 1 atom stereocenters. The highest BCUT2D eigenvalue weighted by Crippen LogP contribution is 2.39. The Hall–Kier alpha value is -2.34. The van der Waals surface area contributed by atoms with Crippen molar-refractivity contribution in [2.45, 2.75) is 18.6 Å². The number of methoxy groups -OCH3 is 1. The number of carbonyl (C=O) groups is 1. The molecule has 3 aromatic rings. The third-order valence-corrected chi connectivity index (χ3v) is 6.05. The second-order valence-corrected chi connectivity index (χ2v) is 7.71. The molecule has 0 saturated carbocycles. The summed E-state index contributed by atoms with van der Waals surface area (Å²) in [6.07, 6.45) is -0.0745. The highest BCUT2D eigenvalue weighted by Gasteiger charge is 2.41. The van der Waals surface area contributed by atoms with Gasteiger partial charge in [-0.2, -0.15) is 0 Å². The Morgan fingerprint density at radius 3 is 2.28 bits per heavy atom. The quantitative estimate of drug-likeness (QED) is 0.472. The second kappa shape index (κ2) is 9.44. The van der Waals surface area contributed by atoms with E-state index in [0.29, 0.717) is 33.0 Å². The molecule has 0 aliphatic rings. The van der Waals surface area contributed by atoms with Crippen molar-refractivity contribution in [3.05, 3.63) is 99.0 Å². The molecule has 0 radical (unpaired) electrons. The van der Waals surface area contributed by atoms with E-state index in [1.54, 1.807) is 36.4 Å². The summed E-state index contributed by atoms with van der Waals surface area (Å²) in [4.78, 5) is 12.6. The number of hydrogen-bond donors (Lipinski definition) is 1. The first-order valence-electron chi connectivity index (χ1n) is 8.95. The van der Waals surface area contributed by atoms with Gasteiger partial charge in [0.15, 0.2) is 5.60 Å². The number of aliphatic hydroxyl groups is 1. The van der Waals surface area contributed by atoms with Gasteiger partial charge in [0, 0.05) is 16.5 Å². The molecule has 0 aliphatic heterocycles. The van der Waals surface area contributed by atoms with E-state index in [1.165, 1.54) is 7.11 Å². The largest absolute Gasteiger partial charge is 0.489 e. The van der Waals surface area contributed by atoms with Gasteiger partial charge >= 0.3 is 5.97 Å². The van der Waals surface area contributed by atoms with Crippen LogP contribution in [0, 0.1) is 0 Å². The number of ether oxygens (including phenoxy) is 2. The van der Waals surface area contributed by atoms with Gasteiger partial charge in [0.05, 0.1) is 12.1 Å². The van der Waals surface area contributed by atoms with E-state index in [9.17, 15) is 9.90 Å². The number of carbonyl (C=O) groups excluding carboxylic acids is 1. The number of hydrogen-bond acceptors (Lipinski definition) is 4. The zero-order valence-corrected chi connectivity index (χ0v) is 18.1. The Morgan fingerprint density at radius 1 is 1.03 bits per heavy atom. The lowest BCUT2D eigenvalue weighted by molar-refractivity contribution is -0.163. The molecule has 0 fully saturated rings. The Morgan fingerprint density at radius 2 is 1.66 bits per heavy atom. The first kappa shape index (κ1) is 21.4. The molecule has 0 saturated heterocycles. The molecular formula is C23H20BrClO4. The Kier molecular flexibility index (Phi) is 6.96. The van der Waals surface area contributed by atoms with Gasteiger partial charge in [0.1, 0.15) is 12.4 Å². The molecule has 3 aromatic carbocycles. The topological polar surface area (TPSA) is 55.8 Å². The fraction of sp³-hybridized carbons (Fsp3) is 0.174. The van der Waals surface area contributed by atoms with Crippen LogP contribution < -0.4 is 4.74 Å². The average Bonchev–Trinajstić information content (AvgIpc) is 2.77. The summed E-state index contributed by atoms with van der Waals surface area (Å²) in [6, 6.07) is 21.8. The Balaban J connectivity index is 1.99. The van der Waals surface area contributed by atoms with Gasteiger partial charge in [-0.1, -0.05) is 72.3 Å². The van der Waals surface area contributed by atoms with Crippen molar-refractivity contribution in [2.75, 3.05) is 7.11 Å². The molecule has 0 heterocycles. The maximum atomic E-state index is 12.6. The smallest absolute Gasteiger partial charge is 0.342 e. The minimum atomic E-state index is -1.89. The third-order valence-electron chi connectivity index (χ3n) is 4.60. The molecule has 6 heteroatoms. The molecule has 0 amide bonds. The van der Waals surface area contributed by atoms with E-state index < -0.39 is 11.6 Å². The standard InChI is InChI=1S/C23H20BrClO4/c1-28-22(26)23(27,17-10-6-3-7-11-17)14-18-20(13-12-19(25)21(18)24)29-15-16-8-4-2-5-9-16/h2-13,27H,14-15H2,1H3. The van der Waals surface area contributed by atoms with Crippen molar-refractivity contribution in [3.63, 3.8) is 0 Å².